The standard InChI is InChI=1S/C23H16ClFN2O3/c1-12-2-4-15(25)9-16(12)21-23(17-5-3-14(24)8-19(17)26-22(23)29)18(10-20(28)27-21)13-6-7-30-11-13/h2-11,21H,1H3,(H,26,29)(H,27,28)/t21-,23?/m1/s1. The molecular weight excluding hydrogens is 407 g/mol. The number of benzene rings is 2. The van der Waals surface area contributed by atoms with Crippen LogP contribution in [0, 0.1) is 12.7 Å². The first-order valence-electron chi connectivity index (χ1n) is 9.34. The average Bonchev–Trinajstić information content (AvgIpc) is 3.33. The lowest BCUT2D eigenvalue weighted by Crippen LogP contribution is -2.52. The van der Waals surface area contributed by atoms with Gasteiger partial charge in [0.1, 0.15) is 11.2 Å². The Kier molecular flexibility index (Phi) is 4.08. The molecule has 0 saturated carbocycles. The fourth-order valence-electron chi connectivity index (χ4n) is 4.52. The Bertz CT molecular complexity index is 1240. The van der Waals surface area contributed by atoms with Crippen LogP contribution in [0.4, 0.5) is 10.1 Å². The van der Waals surface area contributed by atoms with Gasteiger partial charge in [0.2, 0.25) is 11.8 Å². The zero-order valence-corrected chi connectivity index (χ0v) is 16.6. The Labute approximate surface area is 176 Å². The summed E-state index contributed by atoms with van der Waals surface area (Å²) in [6.45, 7) is 1.82. The van der Waals surface area contributed by atoms with Crippen molar-refractivity contribution in [1.29, 1.82) is 0 Å². The lowest BCUT2D eigenvalue weighted by Gasteiger charge is -2.41. The molecule has 2 N–H and O–H groups in total. The van der Waals surface area contributed by atoms with Gasteiger partial charge in [0, 0.05) is 22.3 Å². The molecule has 3 aromatic rings. The molecule has 7 heteroatoms. The molecule has 2 aromatic carbocycles. The van der Waals surface area contributed by atoms with E-state index in [4.69, 9.17) is 16.0 Å². The largest absolute Gasteiger partial charge is 0.472 e. The quantitative estimate of drug-likeness (QED) is 0.637. The van der Waals surface area contributed by atoms with Gasteiger partial charge in [0.25, 0.3) is 0 Å². The van der Waals surface area contributed by atoms with E-state index in [1.807, 2.05) is 6.92 Å². The van der Waals surface area contributed by atoms with Gasteiger partial charge in [-0.05, 0) is 59.5 Å². The van der Waals surface area contributed by atoms with Crippen molar-refractivity contribution in [3.63, 3.8) is 0 Å². The molecule has 0 bridgehead atoms. The van der Waals surface area contributed by atoms with E-state index in [-0.39, 0.29) is 11.8 Å². The number of hydrogen-bond donors (Lipinski definition) is 2. The summed E-state index contributed by atoms with van der Waals surface area (Å²) in [6, 6.07) is 10.3. The van der Waals surface area contributed by atoms with Crippen molar-refractivity contribution in [3.8, 4) is 0 Å². The molecule has 1 spiro atoms. The van der Waals surface area contributed by atoms with Gasteiger partial charge >= 0.3 is 0 Å². The van der Waals surface area contributed by atoms with Crippen LogP contribution in [0.25, 0.3) is 5.57 Å². The van der Waals surface area contributed by atoms with Crippen LogP contribution in [-0.4, -0.2) is 11.8 Å². The molecular formula is C23H16ClFN2O3. The summed E-state index contributed by atoms with van der Waals surface area (Å²) in [6.07, 6.45) is 4.37. The zero-order chi connectivity index (χ0) is 21.0. The lowest BCUT2D eigenvalue weighted by molar-refractivity contribution is -0.122. The van der Waals surface area contributed by atoms with Crippen molar-refractivity contribution in [2.45, 2.75) is 18.4 Å². The number of rotatable bonds is 2. The summed E-state index contributed by atoms with van der Waals surface area (Å²) >= 11 is 6.16. The lowest BCUT2D eigenvalue weighted by atomic mass is 9.63. The fraction of sp³-hybridized carbons (Fsp3) is 0.130. The van der Waals surface area contributed by atoms with Gasteiger partial charge in [-0.15, -0.1) is 0 Å². The number of carbonyl (C=O) groups is 2. The first-order valence-corrected chi connectivity index (χ1v) is 9.72. The number of furan rings is 1. The van der Waals surface area contributed by atoms with E-state index in [0.717, 1.165) is 5.56 Å². The van der Waals surface area contributed by atoms with Gasteiger partial charge in [0.15, 0.2) is 0 Å². The van der Waals surface area contributed by atoms with Crippen molar-refractivity contribution < 1.29 is 18.4 Å². The van der Waals surface area contributed by atoms with Crippen LogP contribution in [0.1, 0.15) is 28.3 Å². The Balaban J connectivity index is 1.86. The third kappa shape index (κ3) is 2.53. The zero-order valence-electron chi connectivity index (χ0n) is 15.8. The first kappa shape index (κ1) is 18.6. The third-order valence-electron chi connectivity index (χ3n) is 5.82. The minimum Gasteiger partial charge on any atom is -0.472 e. The highest BCUT2D eigenvalue weighted by Gasteiger charge is 2.58. The highest BCUT2D eigenvalue weighted by atomic mass is 35.5. The molecule has 0 saturated heterocycles. The number of carbonyl (C=O) groups excluding carboxylic acids is 2. The Hall–Kier alpha value is -3.38. The molecule has 2 amide bonds. The maximum absolute atomic E-state index is 14.2. The Morgan fingerprint density at radius 2 is 1.97 bits per heavy atom. The first-order chi connectivity index (χ1) is 14.4. The molecule has 0 aliphatic carbocycles. The van der Waals surface area contributed by atoms with E-state index in [0.29, 0.717) is 33.0 Å². The van der Waals surface area contributed by atoms with Crippen LogP contribution in [-0.2, 0) is 15.0 Å². The van der Waals surface area contributed by atoms with E-state index >= 15 is 0 Å². The minimum absolute atomic E-state index is 0.333. The molecule has 150 valence electrons. The summed E-state index contributed by atoms with van der Waals surface area (Å²) in [7, 11) is 0. The Morgan fingerprint density at radius 3 is 2.73 bits per heavy atom. The summed E-state index contributed by atoms with van der Waals surface area (Å²) in [4.78, 5) is 26.3. The number of anilines is 1. The summed E-state index contributed by atoms with van der Waals surface area (Å²) in [5.41, 5.74) is 2.24. The van der Waals surface area contributed by atoms with E-state index in [9.17, 15) is 14.0 Å². The highest BCUT2D eigenvalue weighted by Crippen LogP contribution is 2.56. The van der Waals surface area contributed by atoms with Gasteiger partial charge < -0.3 is 15.1 Å². The number of hydrogen-bond acceptors (Lipinski definition) is 3. The normalized spacial score (nSPS) is 22.5. The molecule has 5 rings (SSSR count). The average molecular weight is 423 g/mol. The summed E-state index contributed by atoms with van der Waals surface area (Å²) < 4.78 is 19.5. The maximum Gasteiger partial charge on any atom is 0.244 e. The molecule has 1 aromatic heterocycles. The number of halogens is 2. The van der Waals surface area contributed by atoms with Crippen molar-refractivity contribution in [2.75, 3.05) is 5.32 Å². The molecule has 2 aliphatic heterocycles. The SMILES string of the molecule is Cc1ccc(F)cc1[C@H]1NC(=O)C=C(c2ccoc2)C12C(=O)Nc1cc(Cl)ccc12. The topological polar surface area (TPSA) is 71.3 Å². The van der Waals surface area contributed by atoms with Crippen molar-refractivity contribution >= 4 is 34.7 Å². The molecule has 2 atom stereocenters. The second-order valence-corrected chi connectivity index (χ2v) is 7.90. The number of nitrogens with one attached hydrogen (secondary N) is 2. The van der Waals surface area contributed by atoms with E-state index in [1.165, 1.54) is 30.7 Å². The second kappa shape index (κ2) is 6.57. The maximum atomic E-state index is 14.2. The van der Waals surface area contributed by atoms with Crippen molar-refractivity contribution in [3.05, 3.63) is 94.2 Å². The molecule has 2 aliphatic rings. The van der Waals surface area contributed by atoms with Crippen LogP contribution >= 0.6 is 11.6 Å². The number of aryl methyl sites for hydroxylation is 1. The van der Waals surface area contributed by atoms with Crippen LogP contribution in [0.15, 0.2) is 65.5 Å². The third-order valence-corrected chi connectivity index (χ3v) is 6.05. The number of fused-ring (bicyclic) bond motifs is 2. The van der Waals surface area contributed by atoms with E-state index < -0.39 is 17.3 Å². The molecule has 3 heterocycles. The van der Waals surface area contributed by atoms with Crippen LogP contribution in [0.3, 0.4) is 0 Å². The molecule has 5 nitrogen and oxygen atoms in total. The monoisotopic (exact) mass is 422 g/mol. The van der Waals surface area contributed by atoms with Gasteiger partial charge in [-0.25, -0.2) is 4.39 Å². The predicted octanol–water partition coefficient (Wildman–Crippen LogP) is 4.53. The van der Waals surface area contributed by atoms with Crippen molar-refractivity contribution in [1.82, 2.24) is 5.32 Å². The fourth-order valence-corrected chi connectivity index (χ4v) is 4.69. The smallest absolute Gasteiger partial charge is 0.244 e. The van der Waals surface area contributed by atoms with Crippen LogP contribution < -0.4 is 10.6 Å². The minimum atomic E-state index is -1.32. The van der Waals surface area contributed by atoms with E-state index in [1.54, 1.807) is 30.3 Å². The van der Waals surface area contributed by atoms with E-state index in [2.05, 4.69) is 10.6 Å². The molecule has 0 radical (unpaired) electrons. The van der Waals surface area contributed by atoms with Crippen LogP contribution in [0.5, 0.6) is 0 Å². The van der Waals surface area contributed by atoms with Gasteiger partial charge in [-0.3, -0.25) is 9.59 Å². The summed E-state index contributed by atoms with van der Waals surface area (Å²) in [5.74, 6) is -1.16. The summed E-state index contributed by atoms with van der Waals surface area (Å²) in [5, 5.41) is 6.28. The van der Waals surface area contributed by atoms with Gasteiger partial charge in [-0.1, -0.05) is 23.7 Å². The Morgan fingerprint density at radius 1 is 1.13 bits per heavy atom. The van der Waals surface area contributed by atoms with Crippen LogP contribution in [0.2, 0.25) is 5.02 Å². The molecule has 0 fully saturated rings. The highest BCUT2D eigenvalue weighted by molar-refractivity contribution is 6.31. The van der Waals surface area contributed by atoms with Crippen molar-refractivity contribution in [2.24, 2.45) is 0 Å². The molecule has 1 unspecified atom stereocenters. The van der Waals surface area contributed by atoms with Gasteiger partial charge in [-0.2, -0.15) is 0 Å². The second-order valence-electron chi connectivity index (χ2n) is 7.46. The number of amides is 2. The predicted molar refractivity (Wildman–Crippen MR) is 110 cm³/mol. The van der Waals surface area contributed by atoms with Gasteiger partial charge in [0.05, 0.1) is 18.6 Å². The molecule has 30 heavy (non-hydrogen) atoms.